The van der Waals surface area contributed by atoms with Crippen LogP contribution >= 0.6 is 11.3 Å². The van der Waals surface area contributed by atoms with Crippen LogP contribution in [0.25, 0.3) is 5.78 Å². The van der Waals surface area contributed by atoms with Crippen LogP contribution in [0.1, 0.15) is 5.69 Å². The monoisotopic (exact) mass is 392 g/mol. The molecule has 0 aliphatic carbocycles. The number of sulfonamides is 1. The summed E-state index contributed by atoms with van der Waals surface area (Å²) < 4.78 is 66.1. The zero-order chi connectivity index (χ0) is 18.1. The molecule has 0 aliphatic rings. The lowest BCUT2D eigenvalue weighted by Gasteiger charge is -2.11. The van der Waals surface area contributed by atoms with Crippen molar-refractivity contribution in [2.45, 2.75) is 10.4 Å². The van der Waals surface area contributed by atoms with Gasteiger partial charge in [0.05, 0.1) is 0 Å². The maximum Gasteiger partial charge on any atom is 0.433 e. The number of nitrogens with one attached hydrogen (secondary N) is 2. The highest BCUT2D eigenvalue weighted by atomic mass is 32.2. The molecule has 0 bridgehead atoms. The number of hydrogen-bond acceptors (Lipinski definition) is 7. The van der Waals surface area contributed by atoms with Crippen molar-refractivity contribution >= 4 is 33.0 Å². The smallest absolute Gasteiger partial charge is 0.369 e. The Hall–Kier alpha value is -2.25. The number of hydrogen-bond donors (Lipinski definition) is 2. The Balaban J connectivity index is 1.70. The van der Waals surface area contributed by atoms with E-state index in [1.807, 2.05) is 0 Å². The number of rotatable bonds is 6. The maximum atomic E-state index is 12.9. The summed E-state index contributed by atoms with van der Waals surface area (Å²) in [6.07, 6.45) is -3.56. The summed E-state index contributed by atoms with van der Waals surface area (Å²) in [5.41, 5.74) is -1.12. The van der Waals surface area contributed by atoms with Crippen LogP contribution in [-0.4, -0.2) is 41.1 Å². The highest BCUT2D eigenvalue weighted by Gasteiger charge is 2.34. The second kappa shape index (κ2) is 6.57. The van der Waals surface area contributed by atoms with Crippen LogP contribution in [0.4, 0.5) is 19.0 Å². The first-order valence-corrected chi connectivity index (χ1v) is 9.19. The van der Waals surface area contributed by atoms with Crippen LogP contribution in [0, 0.1) is 0 Å². The SMILES string of the molecule is O=S(=O)(NCCNc1cc(C(F)(F)F)nc2ncnn12)c1cccs1. The molecule has 0 saturated heterocycles. The van der Waals surface area contributed by atoms with Crippen LogP contribution in [0.15, 0.2) is 34.1 Å². The molecule has 3 rings (SSSR count). The fourth-order valence-corrected chi connectivity index (χ4v) is 4.02. The van der Waals surface area contributed by atoms with E-state index in [0.717, 1.165) is 28.2 Å². The molecule has 0 aliphatic heterocycles. The van der Waals surface area contributed by atoms with Gasteiger partial charge in [-0.1, -0.05) is 6.07 Å². The Bertz CT molecular complexity index is 969. The van der Waals surface area contributed by atoms with Crippen molar-refractivity contribution in [1.82, 2.24) is 24.3 Å². The molecule has 0 amide bonds. The first-order chi connectivity index (χ1) is 11.8. The Labute approximate surface area is 143 Å². The number of aromatic nitrogens is 4. The van der Waals surface area contributed by atoms with Crippen LogP contribution in [-0.2, 0) is 16.2 Å². The third-order valence-corrected chi connectivity index (χ3v) is 5.88. The normalized spacial score (nSPS) is 12.6. The average Bonchev–Trinajstić information content (AvgIpc) is 3.21. The van der Waals surface area contributed by atoms with E-state index < -0.39 is 21.9 Å². The first kappa shape index (κ1) is 17.6. The van der Waals surface area contributed by atoms with Crippen molar-refractivity contribution in [1.29, 1.82) is 0 Å². The van der Waals surface area contributed by atoms with Crippen molar-refractivity contribution in [3.8, 4) is 0 Å². The highest BCUT2D eigenvalue weighted by Crippen LogP contribution is 2.29. The van der Waals surface area contributed by atoms with Gasteiger partial charge in [-0.15, -0.1) is 11.3 Å². The van der Waals surface area contributed by atoms with E-state index in [1.165, 1.54) is 6.07 Å². The van der Waals surface area contributed by atoms with Crippen molar-refractivity contribution in [2.24, 2.45) is 0 Å². The molecule has 0 aromatic carbocycles. The summed E-state index contributed by atoms with van der Waals surface area (Å²) in [6, 6.07) is 3.85. The first-order valence-electron chi connectivity index (χ1n) is 6.82. The fourth-order valence-electron chi connectivity index (χ4n) is 1.95. The predicted molar refractivity (Wildman–Crippen MR) is 83.8 cm³/mol. The van der Waals surface area contributed by atoms with E-state index >= 15 is 0 Å². The summed E-state index contributed by atoms with van der Waals surface area (Å²) in [5, 5.41) is 8.12. The Morgan fingerprint density at radius 1 is 1.28 bits per heavy atom. The van der Waals surface area contributed by atoms with Crippen LogP contribution < -0.4 is 10.0 Å². The number of nitrogens with zero attached hydrogens (tertiary/aromatic N) is 4. The molecule has 0 spiro atoms. The van der Waals surface area contributed by atoms with Crippen molar-refractivity contribution in [3.05, 3.63) is 35.6 Å². The summed E-state index contributed by atoms with van der Waals surface area (Å²) in [5.74, 6) is -0.207. The van der Waals surface area contributed by atoms with Crippen molar-refractivity contribution in [3.63, 3.8) is 0 Å². The molecule has 0 atom stereocenters. The lowest BCUT2D eigenvalue weighted by atomic mass is 10.4. The number of thiophene rings is 1. The summed E-state index contributed by atoms with van der Waals surface area (Å²) in [4.78, 5) is 7.03. The van der Waals surface area contributed by atoms with Crippen molar-refractivity contribution in [2.75, 3.05) is 18.4 Å². The number of halogens is 3. The second-order valence-electron chi connectivity index (χ2n) is 4.75. The van der Waals surface area contributed by atoms with Gasteiger partial charge in [-0.05, 0) is 11.4 Å². The number of alkyl halides is 3. The van der Waals surface area contributed by atoms with Gasteiger partial charge in [-0.25, -0.2) is 18.1 Å². The summed E-state index contributed by atoms with van der Waals surface area (Å²) in [7, 11) is -3.63. The highest BCUT2D eigenvalue weighted by molar-refractivity contribution is 7.91. The standard InChI is InChI=1S/C12H11F3N6O2S2/c13-12(14,15)8-6-9(21-11(20-8)17-7-18-21)16-3-4-19-25(22,23)10-2-1-5-24-10/h1-2,5-7,16,19H,3-4H2. The molecule has 25 heavy (non-hydrogen) atoms. The number of anilines is 1. The molecule has 3 heterocycles. The quantitative estimate of drug-likeness (QED) is 0.618. The van der Waals surface area contributed by atoms with E-state index in [4.69, 9.17) is 0 Å². The maximum absolute atomic E-state index is 12.9. The predicted octanol–water partition coefficient (Wildman–Crippen LogP) is 1.59. The third-order valence-electron chi connectivity index (χ3n) is 3.03. The lowest BCUT2D eigenvalue weighted by molar-refractivity contribution is -0.141. The molecule has 8 nitrogen and oxygen atoms in total. The Morgan fingerprint density at radius 2 is 2.08 bits per heavy atom. The van der Waals surface area contributed by atoms with E-state index in [2.05, 4.69) is 25.1 Å². The van der Waals surface area contributed by atoms with Crippen LogP contribution in [0.2, 0.25) is 0 Å². The molecule has 0 fully saturated rings. The molecular formula is C12H11F3N6O2S2. The van der Waals surface area contributed by atoms with E-state index in [0.29, 0.717) is 0 Å². The molecule has 2 N–H and O–H groups in total. The van der Waals surface area contributed by atoms with Gasteiger partial charge in [-0.2, -0.15) is 27.8 Å². The molecule has 0 radical (unpaired) electrons. The zero-order valence-electron chi connectivity index (χ0n) is 12.4. The molecule has 134 valence electrons. The molecule has 0 saturated carbocycles. The van der Waals surface area contributed by atoms with Crippen molar-refractivity contribution < 1.29 is 21.6 Å². The molecular weight excluding hydrogens is 381 g/mol. The molecule has 0 unspecified atom stereocenters. The van der Waals surface area contributed by atoms with Crippen LogP contribution in [0.5, 0.6) is 0 Å². The Kier molecular flexibility index (Phi) is 4.62. The van der Waals surface area contributed by atoms with Gasteiger partial charge >= 0.3 is 6.18 Å². The van der Waals surface area contributed by atoms with Gasteiger partial charge in [0.15, 0.2) is 5.69 Å². The summed E-state index contributed by atoms with van der Waals surface area (Å²) in [6.45, 7) is 0.0149. The minimum Gasteiger partial charge on any atom is -0.369 e. The van der Waals surface area contributed by atoms with Gasteiger partial charge < -0.3 is 5.32 Å². The largest absolute Gasteiger partial charge is 0.433 e. The van der Waals surface area contributed by atoms with Gasteiger partial charge in [0.1, 0.15) is 16.4 Å². The topological polar surface area (TPSA) is 101 Å². The lowest BCUT2D eigenvalue weighted by Crippen LogP contribution is -2.28. The zero-order valence-corrected chi connectivity index (χ0v) is 14.0. The number of fused-ring (bicyclic) bond motifs is 1. The molecule has 3 aromatic heterocycles. The fraction of sp³-hybridized carbons (Fsp3) is 0.250. The second-order valence-corrected chi connectivity index (χ2v) is 7.69. The van der Waals surface area contributed by atoms with E-state index in [1.54, 1.807) is 11.4 Å². The average molecular weight is 392 g/mol. The van der Waals surface area contributed by atoms with E-state index in [-0.39, 0.29) is 28.9 Å². The third kappa shape index (κ3) is 3.88. The van der Waals surface area contributed by atoms with E-state index in [9.17, 15) is 21.6 Å². The minimum absolute atomic E-state index is 0.00477. The molecule has 3 aromatic rings. The molecule has 13 heteroatoms. The van der Waals surface area contributed by atoms with Gasteiger partial charge in [0.2, 0.25) is 10.0 Å². The Morgan fingerprint density at radius 3 is 2.76 bits per heavy atom. The summed E-state index contributed by atoms with van der Waals surface area (Å²) >= 11 is 1.07. The van der Waals surface area contributed by atoms with Gasteiger partial charge in [-0.3, -0.25) is 0 Å². The van der Waals surface area contributed by atoms with Gasteiger partial charge in [0, 0.05) is 19.2 Å². The van der Waals surface area contributed by atoms with Gasteiger partial charge in [0.25, 0.3) is 5.78 Å². The van der Waals surface area contributed by atoms with Crippen LogP contribution in [0.3, 0.4) is 0 Å². The minimum atomic E-state index is -4.63.